The number of allylic oxidation sites excluding steroid dienone is 12. The number of esters is 3. The number of hydrogen-bond donors (Lipinski definition) is 4. The number of fused-ring (bicyclic) bond motifs is 5. The van der Waals surface area contributed by atoms with E-state index in [1.54, 1.807) is 97.0 Å². The van der Waals surface area contributed by atoms with Crippen LogP contribution in [-0.2, 0) is 38.1 Å². The standard InChI is InChI=1S/C64H83NO13/c1-10-11-12-13-14-15-16-17-18-19-20-21-22-23-24-25-26-27-34-39-50(66)76-48-40-49-63(72,42-74-49)54-56(77-58(70)46-37-32-29-33-38-46)64(73)41-47(43(2)51(61(64,7)8)53(67)55(68)62(48,54)9)75-57(69)44(3)52(45-35-30-28-31-36-45)65-59(71)78-60(4,5)6/h11-12,14-15,17-18,20-21,23-24,26-33,35-38,44,47-49,52-54,56,67,72-73H,10,13,16,19,22,25,34,39-42H2,1-9H3,(H,65,71)/b12-11-,15-14-,18-17-,21-20-,24-23-,27-26-. The second-order valence-electron chi connectivity index (χ2n) is 22.8. The number of amides is 1. The predicted molar refractivity (Wildman–Crippen MR) is 299 cm³/mol. The third kappa shape index (κ3) is 14.0. The van der Waals surface area contributed by atoms with Crippen LogP contribution >= 0.6 is 0 Å². The highest BCUT2D eigenvalue weighted by Crippen LogP contribution is 2.64. The third-order valence-corrected chi connectivity index (χ3v) is 15.9. The SMILES string of the molecule is CC/C=C\C/C=C\C/C=C\C/C=C\C/C=C\C/C=C\CCC(=O)OC1CC2OCC2(O)C2C(OC(=O)c3ccccc3)C3(O)CC(OC(=O)C(C)C(NC(=O)OC(C)(C)C)c4ccccc4)C(C)=C(C(O)C(=O)C12C)C3(C)C. The highest BCUT2D eigenvalue weighted by Gasteiger charge is 2.77. The van der Waals surface area contributed by atoms with Gasteiger partial charge in [0.15, 0.2) is 5.78 Å². The first-order valence-corrected chi connectivity index (χ1v) is 27.6. The van der Waals surface area contributed by atoms with Gasteiger partial charge in [0.05, 0.1) is 35.6 Å². The maximum atomic E-state index is 15.6. The van der Waals surface area contributed by atoms with Crippen molar-refractivity contribution >= 4 is 29.8 Å². The lowest BCUT2D eigenvalue weighted by atomic mass is 9.44. The van der Waals surface area contributed by atoms with Crippen molar-refractivity contribution in [3.63, 3.8) is 0 Å². The average molecular weight is 1070 g/mol. The summed E-state index contributed by atoms with van der Waals surface area (Å²) in [5.41, 5.74) is -7.73. The lowest BCUT2D eigenvalue weighted by molar-refractivity contribution is -0.344. The number of nitrogens with one attached hydrogen (secondary N) is 1. The molecular formula is C64H83NO13. The van der Waals surface area contributed by atoms with Gasteiger partial charge in [0.1, 0.15) is 41.2 Å². The number of ketones is 1. The first-order chi connectivity index (χ1) is 37.0. The van der Waals surface area contributed by atoms with Crippen molar-refractivity contribution < 1.29 is 63.0 Å². The van der Waals surface area contributed by atoms with Crippen molar-refractivity contribution in [2.45, 2.75) is 180 Å². The third-order valence-electron chi connectivity index (χ3n) is 15.9. The van der Waals surface area contributed by atoms with Gasteiger partial charge in [0, 0.05) is 30.6 Å². The summed E-state index contributed by atoms with van der Waals surface area (Å²) in [5.74, 6) is -5.78. The number of alkyl carbamates (subject to hydrolysis) is 1. The van der Waals surface area contributed by atoms with E-state index in [1.165, 1.54) is 19.1 Å². The summed E-state index contributed by atoms with van der Waals surface area (Å²) in [6, 6.07) is 15.9. The van der Waals surface area contributed by atoms with Crippen LogP contribution in [-0.4, -0.2) is 99.0 Å². The monoisotopic (exact) mass is 1070 g/mol. The zero-order valence-corrected chi connectivity index (χ0v) is 47.0. The van der Waals surface area contributed by atoms with Crippen LogP contribution in [0.4, 0.5) is 4.79 Å². The maximum absolute atomic E-state index is 15.6. The van der Waals surface area contributed by atoms with Crippen molar-refractivity contribution in [1.29, 1.82) is 0 Å². The minimum Gasteiger partial charge on any atom is -0.461 e. The van der Waals surface area contributed by atoms with Gasteiger partial charge in [-0.15, -0.1) is 0 Å². The Morgan fingerprint density at radius 2 is 1.32 bits per heavy atom. The van der Waals surface area contributed by atoms with Crippen LogP contribution in [0, 0.1) is 22.7 Å². The number of Topliss-reactive ketones (excluding diaryl/α,β-unsaturated/α-hetero) is 1. The van der Waals surface area contributed by atoms with Crippen molar-refractivity contribution in [2.75, 3.05) is 6.61 Å². The number of hydrogen-bond acceptors (Lipinski definition) is 13. The number of carbonyl (C=O) groups excluding carboxylic acids is 5. The predicted octanol–water partition coefficient (Wildman–Crippen LogP) is 11.0. The van der Waals surface area contributed by atoms with E-state index in [9.17, 15) is 34.5 Å². The van der Waals surface area contributed by atoms with E-state index >= 15 is 4.79 Å². The van der Waals surface area contributed by atoms with E-state index in [4.69, 9.17) is 23.7 Å². The summed E-state index contributed by atoms with van der Waals surface area (Å²) in [5, 5.41) is 42.1. The topological polar surface area (TPSA) is 204 Å². The van der Waals surface area contributed by atoms with Gasteiger partial charge in [0.25, 0.3) is 0 Å². The molecule has 3 aliphatic carbocycles. The van der Waals surface area contributed by atoms with Crippen LogP contribution in [0.5, 0.6) is 0 Å². The average Bonchev–Trinajstić information content (AvgIpc) is 3.30. The Labute approximate surface area is 461 Å². The molecule has 14 heteroatoms. The lowest BCUT2D eigenvalue weighted by Crippen LogP contribution is -2.81. The Balaban J connectivity index is 1.24. The summed E-state index contributed by atoms with van der Waals surface area (Å²) in [6.45, 7) is 14.8. The smallest absolute Gasteiger partial charge is 0.408 e. The van der Waals surface area contributed by atoms with E-state index in [0.717, 1.165) is 32.1 Å². The number of ether oxygens (including phenoxy) is 5. The van der Waals surface area contributed by atoms with Crippen molar-refractivity contribution in [3.05, 3.63) is 156 Å². The Hall–Kier alpha value is -6.19. The van der Waals surface area contributed by atoms with Crippen LogP contribution < -0.4 is 5.32 Å². The summed E-state index contributed by atoms with van der Waals surface area (Å²) < 4.78 is 30.5. The Bertz CT molecular complexity index is 2620. The molecule has 11 atom stereocenters. The van der Waals surface area contributed by atoms with Gasteiger partial charge in [-0.25, -0.2) is 9.59 Å². The van der Waals surface area contributed by atoms with E-state index in [1.807, 2.05) is 18.2 Å². The number of benzene rings is 2. The molecule has 11 unspecified atom stereocenters. The number of carbonyl (C=O) groups is 5. The molecule has 2 bridgehead atoms. The van der Waals surface area contributed by atoms with Crippen molar-refractivity contribution in [3.8, 4) is 0 Å². The zero-order chi connectivity index (χ0) is 56.9. The summed E-state index contributed by atoms with van der Waals surface area (Å²) in [6.07, 6.45) is 21.9. The molecule has 4 N–H and O–H groups in total. The minimum absolute atomic E-state index is 0.0142. The van der Waals surface area contributed by atoms with Crippen LogP contribution in [0.3, 0.4) is 0 Å². The molecule has 1 heterocycles. The number of aliphatic hydroxyl groups excluding tert-OH is 1. The Kier molecular flexibility index (Phi) is 20.8. The molecule has 2 aromatic carbocycles. The first-order valence-electron chi connectivity index (χ1n) is 27.6. The largest absolute Gasteiger partial charge is 0.461 e. The van der Waals surface area contributed by atoms with Gasteiger partial charge in [-0.1, -0.05) is 142 Å². The molecule has 2 saturated carbocycles. The fraction of sp³-hybridized carbons (Fsp3) is 0.516. The molecule has 3 fully saturated rings. The van der Waals surface area contributed by atoms with Gasteiger partial charge in [-0.3, -0.25) is 14.4 Å². The molecule has 2 aromatic rings. The van der Waals surface area contributed by atoms with Crippen LogP contribution in [0.2, 0.25) is 0 Å². The van der Waals surface area contributed by atoms with E-state index < -0.39 is 112 Å². The molecule has 14 nitrogen and oxygen atoms in total. The first kappa shape index (κ1) is 61.0. The summed E-state index contributed by atoms with van der Waals surface area (Å²) in [7, 11) is 0. The van der Waals surface area contributed by atoms with Crippen LogP contribution in [0.1, 0.15) is 148 Å². The van der Waals surface area contributed by atoms with Crippen molar-refractivity contribution in [2.24, 2.45) is 22.7 Å². The maximum Gasteiger partial charge on any atom is 0.408 e. The van der Waals surface area contributed by atoms with E-state index in [2.05, 4.69) is 66.9 Å². The highest BCUT2D eigenvalue weighted by molar-refractivity contribution is 5.94. The number of rotatable bonds is 22. The summed E-state index contributed by atoms with van der Waals surface area (Å²) in [4.78, 5) is 71.6. The zero-order valence-electron chi connectivity index (χ0n) is 47.0. The van der Waals surface area contributed by atoms with Crippen molar-refractivity contribution in [1.82, 2.24) is 5.32 Å². The molecule has 1 aliphatic heterocycles. The van der Waals surface area contributed by atoms with Gasteiger partial charge < -0.3 is 44.3 Å². The molecule has 4 aliphatic rings. The molecule has 78 heavy (non-hydrogen) atoms. The second-order valence-corrected chi connectivity index (χ2v) is 22.8. The molecule has 1 amide bonds. The molecule has 0 radical (unpaired) electrons. The van der Waals surface area contributed by atoms with E-state index in [-0.39, 0.29) is 36.2 Å². The fourth-order valence-corrected chi connectivity index (χ4v) is 11.6. The molecule has 1 saturated heterocycles. The molecular weight excluding hydrogens is 991 g/mol. The molecule has 0 spiro atoms. The van der Waals surface area contributed by atoms with Crippen LogP contribution in [0.25, 0.3) is 0 Å². The Morgan fingerprint density at radius 1 is 0.782 bits per heavy atom. The van der Waals surface area contributed by atoms with Gasteiger partial charge in [-0.05, 0) is 115 Å². The van der Waals surface area contributed by atoms with Crippen LogP contribution in [0.15, 0.2) is 145 Å². The second kappa shape index (κ2) is 26.6. The number of aliphatic hydroxyl groups is 3. The van der Waals surface area contributed by atoms with Gasteiger partial charge >= 0.3 is 24.0 Å². The summed E-state index contributed by atoms with van der Waals surface area (Å²) >= 11 is 0. The normalized spacial score (nSPS) is 28.7. The molecule has 422 valence electrons. The fourth-order valence-electron chi connectivity index (χ4n) is 11.6. The van der Waals surface area contributed by atoms with Gasteiger partial charge in [0.2, 0.25) is 0 Å². The van der Waals surface area contributed by atoms with Gasteiger partial charge in [-0.2, -0.15) is 0 Å². The van der Waals surface area contributed by atoms with E-state index in [0.29, 0.717) is 18.4 Å². The highest BCUT2D eigenvalue weighted by atomic mass is 16.6. The lowest BCUT2D eigenvalue weighted by Gasteiger charge is -2.67. The molecule has 0 aromatic heterocycles. The Morgan fingerprint density at radius 3 is 1.85 bits per heavy atom. The molecule has 6 rings (SSSR count). The quantitative estimate of drug-likeness (QED) is 0.0493. The minimum atomic E-state index is -2.31.